The molecule has 28 heavy (non-hydrogen) atoms. The van der Waals surface area contributed by atoms with Crippen LogP contribution in [0.4, 0.5) is 5.82 Å². The molecule has 1 saturated carbocycles. The minimum absolute atomic E-state index is 0.399. The first-order valence-corrected chi connectivity index (χ1v) is 9.83. The SMILES string of the molecule is Clc1ccc(-c2noc3ncnc(N(Cc4ccco4)C4CCCC4)c23)cc1. The molecule has 0 unspecified atom stereocenters. The summed E-state index contributed by atoms with van der Waals surface area (Å²) in [5, 5.41) is 5.79. The van der Waals surface area contributed by atoms with Gasteiger partial charge in [-0.2, -0.15) is 4.98 Å². The van der Waals surface area contributed by atoms with Gasteiger partial charge in [-0.1, -0.05) is 41.7 Å². The molecule has 3 aromatic heterocycles. The number of fused-ring (bicyclic) bond motifs is 1. The lowest BCUT2D eigenvalue weighted by Gasteiger charge is -2.29. The van der Waals surface area contributed by atoms with Crippen LogP contribution < -0.4 is 4.90 Å². The number of halogens is 1. The standard InChI is InChI=1S/C21H19ClN4O2/c22-15-9-7-14(8-10-15)19-18-20(23-13-24-21(18)28-25-19)26(16-4-1-2-5-16)12-17-6-3-11-27-17/h3,6-11,13,16H,1-2,4-5,12H2. The van der Waals surface area contributed by atoms with Crippen molar-refractivity contribution >= 4 is 28.5 Å². The molecule has 0 amide bonds. The summed E-state index contributed by atoms with van der Waals surface area (Å²) in [4.78, 5) is 11.3. The van der Waals surface area contributed by atoms with Gasteiger partial charge < -0.3 is 13.8 Å². The van der Waals surface area contributed by atoms with Crippen molar-refractivity contribution in [3.63, 3.8) is 0 Å². The Kier molecular flexibility index (Phi) is 4.49. The van der Waals surface area contributed by atoms with E-state index in [1.54, 1.807) is 12.6 Å². The molecule has 7 heteroatoms. The summed E-state index contributed by atoms with van der Waals surface area (Å²) >= 11 is 6.05. The van der Waals surface area contributed by atoms with E-state index in [4.69, 9.17) is 20.5 Å². The molecular weight excluding hydrogens is 376 g/mol. The zero-order valence-corrected chi connectivity index (χ0v) is 16.0. The fourth-order valence-electron chi connectivity index (χ4n) is 3.96. The van der Waals surface area contributed by atoms with Gasteiger partial charge in [-0.25, -0.2) is 4.98 Å². The lowest BCUT2D eigenvalue weighted by atomic mass is 10.1. The maximum absolute atomic E-state index is 6.05. The minimum atomic E-state index is 0.399. The van der Waals surface area contributed by atoms with Crippen LogP contribution in [0.5, 0.6) is 0 Å². The van der Waals surface area contributed by atoms with Crippen molar-refractivity contribution in [3.05, 3.63) is 59.8 Å². The molecule has 4 aromatic rings. The van der Waals surface area contributed by atoms with Crippen molar-refractivity contribution < 1.29 is 8.94 Å². The highest BCUT2D eigenvalue weighted by atomic mass is 35.5. The third-order valence-corrected chi connectivity index (χ3v) is 5.57. The van der Waals surface area contributed by atoms with E-state index < -0.39 is 0 Å². The van der Waals surface area contributed by atoms with Crippen LogP contribution in [-0.4, -0.2) is 21.2 Å². The van der Waals surface area contributed by atoms with Crippen LogP contribution in [0.1, 0.15) is 31.4 Å². The summed E-state index contributed by atoms with van der Waals surface area (Å²) in [6.45, 7) is 0.648. The van der Waals surface area contributed by atoms with E-state index in [1.807, 2.05) is 36.4 Å². The monoisotopic (exact) mass is 394 g/mol. The van der Waals surface area contributed by atoms with Gasteiger partial charge in [0.1, 0.15) is 29.0 Å². The van der Waals surface area contributed by atoms with E-state index in [0.717, 1.165) is 41.1 Å². The van der Waals surface area contributed by atoms with E-state index in [2.05, 4.69) is 20.0 Å². The third kappa shape index (κ3) is 3.14. The second-order valence-corrected chi connectivity index (χ2v) is 7.50. The summed E-state index contributed by atoms with van der Waals surface area (Å²) in [5.41, 5.74) is 2.13. The number of rotatable bonds is 5. The molecule has 0 saturated heterocycles. The van der Waals surface area contributed by atoms with Crippen LogP contribution in [0, 0.1) is 0 Å². The van der Waals surface area contributed by atoms with Gasteiger partial charge in [0, 0.05) is 16.6 Å². The fourth-order valence-corrected chi connectivity index (χ4v) is 4.08. The second kappa shape index (κ2) is 7.28. The summed E-state index contributed by atoms with van der Waals surface area (Å²) in [6, 6.07) is 11.9. The number of anilines is 1. The van der Waals surface area contributed by atoms with E-state index >= 15 is 0 Å². The molecule has 1 aromatic carbocycles. The van der Waals surface area contributed by atoms with Crippen molar-refractivity contribution in [2.75, 3.05) is 4.90 Å². The summed E-state index contributed by atoms with van der Waals surface area (Å²) < 4.78 is 11.2. The molecule has 0 radical (unpaired) electrons. The predicted molar refractivity (Wildman–Crippen MR) is 107 cm³/mol. The molecule has 1 fully saturated rings. The zero-order chi connectivity index (χ0) is 18.9. The Labute approximate surface area is 167 Å². The van der Waals surface area contributed by atoms with Crippen LogP contribution in [-0.2, 0) is 6.54 Å². The van der Waals surface area contributed by atoms with Crippen molar-refractivity contribution in [1.82, 2.24) is 15.1 Å². The maximum Gasteiger partial charge on any atom is 0.263 e. The highest BCUT2D eigenvalue weighted by Gasteiger charge is 2.28. The van der Waals surface area contributed by atoms with Gasteiger partial charge in [-0.15, -0.1) is 0 Å². The third-order valence-electron chi connectivity index (χ3n) is 5.31. The van der Waals surface area contributed by atoms with Gasteiger partial charge in [-0.05, 0) is 37.1 Å². The van der Waals surface area contributed by atoms with Crippen LogP contribution in [0.15, 0.2) is 57.9 Å². The molecule has 0 N–H and O–H groups in total. The fraction of sp³-hybridized carbons (Fsp3) is 0.286. The van der Waals surface area contributed by atoms with Crippen LogP contribution >= 0.6 is 11.6 Å². The Morgan fingerprint density at radius 2 is 1.89 bits per heavy atom. The first kappa shape index (κ1) is 17.3. The number of benzene rings is 1. The molecule has 0 bridgehead atoms. The van der Waals surface area contributed by atoms with Gasteiger partial charge in [0.15, 0.2) is 0 Å². The van der Waals surface area contributed by atoms with Gasteiger partial charge in [-0.3, -0.25) is 0 Å². The molecule has 0 spiro atoms. The zero-order valence-electron chi connectivity index (χ0n) is 15.2. The van der Waals surface area contributed by atoms with Crippen LogP contribution in [0.3, 0.4) is 0 Å². The second-order valence-electron chi connectivity index (χ2n) is 7.06. The van der Waals surface area contributed by atoms with Gasteiger partial charge in [0.25, 0.3) is 5.71 Å². The first-order valence-electron chi connectivity index (χ1n) is 9.45. The lowest BCUT2D eigenvalue weighted by molar-refractivity contribution is 0.451. The van der Waals surface area contributed by atoms with Gasteiger partial charge in [0.05, 0.1) is 12.8 Å². The number of hydrogen-bond donors (Lipinski definition) is 0. The molecule has 0 atom stereocenters. The Morgan fingerprint density at radius 3 is 2.64 bits per heavy atom. The number of furan rings is 1. The number of aromatic nitrogens is 3. The Hall–Kier alpha value is -2.86. The average molecular weight is 395 g/mol. The van der Waals surface area contributed by atoms with Crippen molar-refractivity contribution in [3.8, 4) is 11.3 Å². The molecule has 3 heterocycles. The summed E-state index contributed by atoms with van der Waals surface area (Å²) in [6.07, 6.45) is 7.96. The van der Waals surface area contributed by atoms with Crippen molar-refractivity contribution in [2.45, 2.75) is 38.3 Å². The average Bonchev–Trinajstić information content (AvgIpc) is 3.47. The molecular formula is C21H19ClN4O2. The smallest absolute Gasteiger partial charge is 0.263 e. The maximum atomic E-state index is 6.05. The van der Waals surface area contributed by atoms with Gasteiger partial charge >= 0.3 is 0 Å². The van der Waals surface area contributed by atoms with Gasteiger partial charge in [0.2, 0.25) is 0 Å². The normalized spacial score (nSPS) is 14.8. The van der Waals surface area contributed by atoms with E-state index in [-0.39, 0.29) is 0 Å². The minimum Gasteiger partial charge on any atom is -0.467 e. The largest absolute Gasteiger partial charge is 0.467 e. The molecule has 6 nitrogen and oxygen atoms in total. The van der Waals surface area contributed by atoms with E-state index in [9.17, 15) is 0 Å². The van der Waals surface area contributed by atoms with Crippen LogP contribution in [0.25, 0.3) is 22.4 Å². The molecule has 0 aliphatic heterocycles. The first-order chi connectivity index (χ1) is 13.8. The quantitative estimate of drug-likeness (QED) is 0.446. The topological polar surface area (TPSA) is 68.2 Å². The van der Waals surface area contributed by atoms with E-state index in [0.29, 0.717) is 23.3 Å². The number of hydrogen-bond acceptors (Lipinski definition) is 6. The lowest BCUT2D eigenvalue weighted by Crippen LogP contribution is -2.33. The highest BCUT2D eigenvalue weighted by molar-refractivity contribution is 6.30. The van der Waals surface area contributed by atoms with Crippen LogP contribution in [0.2, 0.25) is 5.02 Å². The summed E-state index contributed by atoms with van der Waals surface area (Å²) in [7, 11) is 0. The van der Waals surface area contributed by atoms with Crippen molar-refractivity contribution in [2.24, 2.45) is 0 Å². The summed E-state index contributed by atoms with van der Waals surface area (Å²) in [5.74, 6) is 1.74. The molecule has 5 rings (SSSR count). The number of nitrogens with zero attached hydrogens (tertiary/aromatic N) is 4. The molecule has 142 valence electrons. The van der Waals surface area contributed by atoms with Crippen molar-refractivity contribution in [1.29, 1.82) is 0 Å². The predicted octanol–water partition coefficient (Wildman–Crippen LogP) is 5.48. The highest BCUT2D eigenvalue weighted by Crippen LogP contribution is 2.37. The Balaban J connectivity index is 1.65. The van der Waals surface area contributed by atoms with E-state index in [1.165, 1.54) is 12.8 Å². The Bertz CT molecular complexity index is 1070. The molecule has 1 aliphatic carbocycles. The Morgan fingerprint density at radius 1 is 1.07 bits per heavy atom. The molecule has 1 aliphatic rings.